The molecule has 1 fully saturated rings. The maximum atomic E-state index is 4.54. The van der Waals surface area contributed by atoms with Gasteiger partial charge in [-0.15, -0.1) is 0 Å². The van der Waals surface area contributed by atoms with E-state index >= 15 is 0 Å². The lowest BCUT2D eigenvalue weighted by Crippen LogP contribution is -2.39. The van der Waals surface area contributed by atoms with Crippen LogP contribution >= 0.6 is 0 Å². The van der Waals surface area contributed by atoms with E-state index in [9.17, 15) is 0 Å². The fourth-order valence-electron chi connectivity index (χ4n) is 2.15. The van der Waals surface area contributed by atoms with E-state index < -0.39 is 0 Å². The molecule has 0 radical (unpaired) electrons. The number of nitrogens with one attached hydrogen (secondary N) is 1. The molecule has 1 aromatic rings. The molecule has 1 N–H and O–H groups in total. The Morgan fingerprint density at radius 3 is 2.72 bits per heavy atom. The zero-order valence-electron chi connectivity index (χ0n) is 12.1. The molecule has 0 aliphatic heterocycles. The van der Waals surface area contributed by atoms with E-state index in [0.29, 0.717) is 12.1 Å². The van der Waals surface area contributed by atoms with Gasteiger partial charge in [0, 0.05) is 37.4 Å². The Balaban J connectivity index is 1.70. The summed E-state index contributed by atoms with van der Waals surface area (Å²) in [7, 11) is 2.23. The highest BCUT2D eigenvalue weighted by Crippen LogP contribution is 2.26. The fraction of sp³-hybridized carbons (Fsp3) is 0.786. The van der Waals surface area contributed by atoms with Crippen molar-refractivity contribution >= 4 is 0 Å². The van der Waals surface area contributed by atoms with Crippen LogP contribution in [-0.2, 0) is 6.54 Å². The molecule has 1 aliphatic rings. The molecule has 1 atom stereocenters. The topological polar surface area (TPSA) is 33.1 Å². The third-order valence-corrected chi connectivity index (χ3v) is 3.76. The molecule has 2 rings (SSSR count). The van der Waals surface area contributed by atoms with Crippen LogP contribution in [0.15, 0.2) is 12.3 Å². The second-order valence-electron chi connectivity index (χ2n) is 5.76. The van der Waals surface area contributed by atoms with Crippen molar-refractivity contribution < 1.29 is 0 Å². The van der Waals surface area contributed by atoms with Gasteiger partial charge >= 0.3 is 0 Å². The average molecular weight is 250 g/mol. The minimum absolute atomic E-state index is 0.443. The molecule has 4 heteroatoms. The van der Waals surface area contributed by atoms with Gasteiger partial charge in [-0.3, -0.25) is 9.58 Å². The van der Waals surface area contributed by atoms with E-state index in [1.807, 2.05) is 4.68 Å². The van der Waals surface area contributed by atoms with Crippen LogP contribution in [0.5, 0.6) is 0 Å². The highest BCUT2D eigenvalue weighted by molar-refractivity contribution is 4.99. The van der Waals surface area contributed by atoms with E-state index in [1.165, 1.54) is 12.8 Å². The molecule has 1 unspecified atom stereocenters. The van der Waals surface area contributed by atoms with Crippen molar-refractivity contribution in [2.24, 2.45) is 0 Å². The number of hydrogen-bond donors (Lipinski definition) is 1. The zero-order valence-corrected chi connectivity index (χ0v) is 12.1. The smallest absolute Gasteiger partial charge is 0.0762 e. The van der Waals surface area contributed by atoms with E-state index in [4.69, 9.17) is 0 Å². The minimum atomic E-state index is 0.443. The lowest BCUT2D eigenvalue weighted by atomic mass is 10.3. The molecular weight excluding hydrogens is 224 g/mol. The third-order valence-electron chi connectivity index (χ3n) is 3.76. The van der Waals surface area contributed by atoms with E-state index in [1.54, 1.807) is 0 Å². The minimum Gasteiger partial charge on any atom is -0.310 e. The molecular formula is C14H26N4. The van der Waals surface area contributed by atoms with Gasteiger partial charge in [-0.1, -0.05) is 0 Å². The molecule has 18 heavy (non-hydrogen) atoms. The summed E-state index contributed by atoms with van der Waals surface area (Å²) >= 11 is 0. The fourth-order valence-corrected chi connectivity index (χ4v) is 2.15. The normalized spacial score (nSPS) is 17.7. The summed E-state index contributed by atoms with van der Waals surface area (Å²) in [6, 6.07) is 3.98. The molecule has 0 spiro atoms. The number of aromatic nitrogens is 2. The van der Waals surface area contributed by atoms with Crippen molar-refractivity contribution in [2.75, 3.05) is 13.6 Å². The Hall–Kier alpha value is -0.870. The van der Waals surface area contributed by atoms with Gasteiger partial charge in [0.1, 0.15) is 0 Å². The first-order chi connectivity index (χ1) is 8.58. The summed E-state index contributed by atoms with van der Waals surface area (Å²) in [6.45, 7) is 8.48. The van der Waals surface area contributed by atoms with Crippen molar-refractivity contribution in [2.45, 2.75) is 58.3 Å². The van der Waals surface area contributed by atoms with E-state index in [-0.39, 0.29) is 0 Å². The predicted molar refractivity (Wildman–Crippen MR) is 74.6 cm³/mol. The molecule has 0 aromatic carbocycles. The quantitative estimate of drug-likeness (QED) is 0.804. The molecule has 1 aromatic heterocycles. The van der Waals surface area contributed by atoms with Crippen LogP contribution in [0.4, 0.5) is 0 Å². The maximum Gasteiger partial charge on any atom is 0.0762 e. The van der Waals surface area contributed by atoms with Gasteiger partial charge in [0.2, 0.25) is 0 Å². The Morgan fingerprint density at radius 2 is 2.17 bits per heavy atom. The van der Waals surface area contributed by atoms with Crippen molar-refractivity contribution in [3.8, 4) is 0 Å². The number of hydrogen-bond acceptors (Lipinski definition) is 3. The van der Waals surface area contributed by atoms with Gasteiger partial charge < -0.3 is 5.32 Å². The summed E-state index contributed by atoms with van der Waals surface area (Å²) in [5.74, 6) is 0. The lowest BCUT2D eigenvalue weighted by molar-refractivity contribution is 0.240. The van der Waals surface area contributed by atoms with Gasteiger partial charge in [-0.05, 0) is 46.7 Å². The van der Waals surface area contributed by atoms with Crippen molar-refractivity contribution in [1.82, 2.24) is 20.0 Å². The van der Waals surface area contributed by atoms with Gasteiger partial charge in [0.15, 0.2) is 0 Å². The summed E-state index contributed by atoms with van der Waals surface area (Å²) in [5.41, 5.74) is 1.13. The molecule has 1 heterocycles. The van der Waals surface area contributed by atoms with Crippen molar-refractivity contribution in [1.29, 1.82) is 0 Å². The van der Waals surface area contributed by atoms with Gasteiger partial charge in [0.25, 0.3) is 0 Å². The van der Waals surface area contributed by atoms with Crippen LogP contribution in [-0.4, -0.2) is 40.4 Å². The van der Waals surface area contributed by atoms with Gasteiger partial charge in [-0.25, -0.2) is 0 Å². The number of likely N-dealkylation sites (N-methyl/N-ethyl adjacent to an activating group) is 1. The lowest BCUT2D eigenvalue weighted by Gasteiger charge is -2.24. The highest BCUT2D eigenvalue weighted by Gasteiger charge is 2.28. The van der Waals surface area contributed by atoms with Crippen LogP contribution in [0.1, 0.15) is 45.3 Å². The number of nitrogens with zero attached hydrogens (tertiary/aromatic N) is 3. The molecule has 1 aliphatic carbocycles. The first kappa shape index (κ1) is 13.6. The largest absolute Gasteiger partial charge is 0.310 e. The Labute approximate surface area is 110 Å². The summed E-state index contributed by atoms with van der Waals surface area (Å²) < 4.78 is 2.01. The van der Waals surface area contributed by atoms with Crippen molar-refractivity contribution in [3.05, 3.63) is 18.0 Å². The second kappa shape index (κ2) is 5.85. The monoisotopic (exact) mass is 250 g/mol. The average Bonchev–Trinajstić information content (AvgIpc) is 3.07. The van der Waals surface area contributed by atoms with E-state index in [2.05, 4.69) is 55.4 Å². The molecule has 0 saturated heterocycles. The summed E-state index contributed by atoms with van der Waals surface area (Å²) in [5, 5.41) is 8.04. The predicted octanol–water partition coefficient (Wildman–Crippen LogP) is 2.04. The van der Waals surface area contributed by atoms with Crippen LogP contribution < -0.4 is 5.32 Å². The first-order valence-electron chi connectivity index (χ1n) is 7.04. The van der Waals surface area contributed by atoms with Crippen LogP contribution in [0.3, 0.4) is 0 Å². The van der Waals surface area contributed by atoms with Gasteiger partial charge in [-0.2, -0.15) is 5.10 Å². The first-order valence-corrected chi connectivity index (χ1v) is 7.04. The molecule has 102 valence electrons. The van der Waals surface area contributed by atoms with Crippen LogP contribution in [0.2, 0.25) is 0 Å². The third kappa shape index (κ3) is 3.56. The number of rotatable bonds is 7. The Bertz CT molecular complexity index is 368. The molecule has 1 saturated carbocycles. The second-order valence-corrected chi connectivity index (χ2v) is 5.76. The van der Waals surface area contributed by atoms with Crippen LogP contribution in [0.25, 0.3) is 0 Å². The SMILES string of the molecule is CC(CNCc1ccn(C(C)C)n1)N(C)C1CC1. The molecule has 0 amide bonds. The molecule has 4 nitrogen and oxygen atoms in total. The van der Waals surface area contributed by atoms with Gasteiger partial charge in [0.05, 0.1) is 5.69 Å². The maximum absolute atomic E-state index is 4.54. The summed E-state index contributed by atoms with van der Waals surface area (Å²) in [4.78, 5) is 2.49. The Morgan fingerprint density at radius 1 is 1.44 bits per heavy atom. The highest BCUT2D eigenvalue weighted by atomic mass is 15.3. The summed E-state index contributed by atoms with van der Waals surface area (Å²) in [6.07, 6.45) is 4.81. The van der Waals surface area contributed by atoms with Crippen LogP contribution in [0, 0.1) is 0 Å². The standard InChI is InChI=1S/C14H26N4/c1-11(2)18-8-7-13(16-18)10-15-9-12(3)17(4)14-5-6-14/h7-8,11-12,14-15H,5-6,9-10H2,1-4H3. The molecule has 0 bridgehead atoms. The van der Waals surface area contributed by atoms with E-state index in [0.717, 1.165) is 24.8 Å². The Kier molecular flexibility index (Phi) is 4.40. The van der Waals surface area contributed by atoms with Crippen molar-refractivity contribution in [3.63, 3.8) is 0 Å². The zero-order chi connectivity index (χ0) is 13.1.